The van der Waals surface area contributed by atoms with Crippen molar-refractivity contribution >= 4 is 11.6 Å². The summed E-state index contributed by atoms with van der Waals surface area (Å²) in [4.78, 5) is 11.2. The zero-order valence-electron chi connectivity index (χ0n) is 20.8. The van der Waals surface area contributed by atoms with Crippen LogP contribution < -0.4 is 11.6 Å². The van der Waals surface area contributed by atoms with E-state index < -0.39 is 18.0 Å². The van der Waals surface area contributed by atoms with Crippen LogP contribution in [0.25, 0.3) is 5.70 Å². The molecule has 1 amide bonds. The Morgan fingerprint density at radius 3 is 2.06 bits per heavy atom. The fourth-order valence-electron chi connectivity index (χ4n) is 2.23. The van der Waals surface area contributed by atoms with E-state index in [0.717, 1.165) is 18.0 Å². The van der Waals surface area contributed by atoms with Crippen LogP contribution in [0.15, 0.2) is 48.1 Å². The van der Waals surface area contributed by atoms with Gasteiger partial charge in [-0.05, 0) is 52.8 Å². The lowest BCUT2D eigenvalue weighted by molar-refractivity contribution is -0.156. The standard InChI is InChI=1S/C16H19F3N4O.C7H12.C2H6/c1-9(2)23(22)14(6-10(3)16(17,18)19)13-5-4-11(15(21)24)7-12(13)8-20;1-4-5-6-7(2)3;1-2/h4-7,9-10H,22H2,1-3H3,(H2,21,24);4-6H,1-3H3;1-2H3/b14-6-;5-4-;. The highest BCUT2D eigenvalue weighted by molar-refractivity contribution is 5.93. The second-order valence-electron chi connectivity index (χ2n) is 7.39. The van der Waals surface area contributed by atoms with Crippen LogP contribution >= 0.6 is 0 Å². The van der Waals surface area contributed by atoms with Gasteiger partial charge in [-0.2, -0.15) is 18.4 Å². The van der Waals surface area contributed by atoms with Crippen molar-refractivity contribution in [2.24, 2.45) is 17.5 Å². The molecule has 1 atom stereocenters. The van der Waals surface area contributed by atoms with Gasteiger partial charge in [-0.3, -0.25) is 4.79 Å². The van der Waals surface area contributed by atoms with Gasteiger partial charge in [-0.15, -0.1) is 0 Å². The average Bonchev–Trinajstić information content (AvgIpc) is 2.75. The predicted molar refractivity (Wildman–Crippen MR) is 130 cm³/mol. The molecule has 0 bridgehead atoms. The maximum absolute atomic E-state index is 12.9. The summed E-state index contributed by atoms with van der Waals surface area (Å²) in [6, 6.07) is 5.51. The van der Waals surface area contributed by atoms with Crippen LogP contribution in [0.5, 0.6) is 0 Å². The number of hydrogen-bond donors (Lipinski definition) is 2. The summed E-state index contributed by atoms with van der Waals surface area (Å²) in [6.45, 7) is 14.6. The number of hydrogen-bond acceptors (Lipinski definition) is 4. The lowest BCUT2D eigenvalue weighted by atomic mass is 9.98. The molecule has 0 aliphatic carbocycles. The van der Waals surface area contributed by atoms with E-state index in [1.54, 1.807) is 13.8 Å². The van der Waals surface area contributed by atoms with Gasteiger partial charge in [0.05, 0.1) is 23.2 Å². The predicted octanol–water partition coefficient (Wildman–Crippen LogP) is 6.34. The van der Waals surface area contributed by atoms with Crippen LogP contribution in [0.4, 0.5) is 13.2 Å². The first-order valence-corrected chi connectivity index (χ1v) is 10.7. The summed E-state index contributed by atoms with van der Waals surface area (Å²) < 4.78 is 38.7. The molecule has 0 aromatic heterocycles. The fourth-order valence-corrected chi connectivity index (χ4v) is 2.23. The molecule has 1 aromatic carbocycles. The van der Waals surface area contributed by atoms with Gasteiger partial charge in [-0.25, -0.2) is 5.84 Å². The van der Waals surface area contributed by atoms with Crippen LogP contribution in [0.2, 0.25) is 0 Å². The van der Waals surface area contributed by atoms with Gasteiger partial charge in [0.2, 0.25) is 5.91 Å². The third kappa shape index (κ3) is 11.9. The molecule has 0 spiro atoms. The molecule has 0 fully saturated rings. The Labute approximate surface area is 196 Å². The second kappa shape index (κ2) is 15.7. The number of benzene rings is 1. The molecule has 0 saturated carbocycles. The van der Waals surface area contributed by atoms with Gasteiger partial charge in [0.1, 0.15) is 0 Å². The number of carbonyl (C=O) groups is 1. The summed E-state index contributed by atoms with van der Waals surface area (Å²) in [5, 5.41) is 10.4. The van der Waals surface area contributed by atoms with Gasteiger partial charge in [-0.1, -0.05) is 50.6 Å². The third-order valence-corrected chi connectivity index (χ3v) is 4.08. The fraction of sp³-hybridized carbons (Fsp3) is 0.440. The molecule has 8 heteroatoms. The van der Waals surface area contributed by atoms with Crippen LogP contribution in [-0.2, 0) is 0 Å². The number of rotatable bonds is 6. The van der Waals surface area contributed by atoms with E-state index in [1.165, 1.54) is 23.8 Å². The molecule has 1 rings (SSSR count). The van der Waals surface area contributed by atoms with E-state index in [-0.39, 0.29) is 28.4 Å². The van der Waals surface area contributed by atoms with Crippen molar-refractivity contribution in [2.75, 3.05) is 0 Å². The van der Waals surface area contributed by atoms with Crippen molar-refractivity contribution in [3.05, 3.63) is 64.8 Å². The summed E-state index contributed by atoms with van der Waals surface area (Å²) >= 11 is 0. The molecule has 33 heavy (non-hydrogen) atoms. The second-order valence-corrected chi connectivity index (χ2v) is 7.39. The highest BCUT2D eigenvalue weighted by Crippen LogP contribution is 2.32. The number of hydrazine groups is 1. The Kier molecular flexibility index (Phi) is 15.3. The van der Waals surface area contributed by atoms with Crippen molar-refractivity contribution in [3.63, 3.8) is 0 Å². The Balaban J connectivity index is 0. The Bertz CT molecular complexity index is 875. The summed E-state index contributed by atoms with van der Waals surface area (Å²) in [5.74, 6) is 3.40. The van der Waals surface area contributed by atoms with Crippen LogP contribution in [0, 0.1) is 17.2 Å². The first-order valence-electron chi connectivity index (χ1n) is 10.7. The van der Waals surface area contributed by atoms with Gasteiger partial charge in [0.15, 0.2) is 0 Å². The van der Waals surface area contributed by atoms with E-state index >= 15 is 0 Å². The number of allylic oxidation sites excluding steroid dienone is 5. The monoisotopic (exact) mass is 466 g/mol. The van der Waals surface area contributed by atoms with Gasteiger partial charge in [0, 0.05) is 17.2 Å². The van der Waals surface area contributed by atoms with E-state index in [4.69, 9.17) is 11.6 Å². The lowest BCUT2D eigenvalue weighted by Gasteiger charge is -2.28. The number of alkyl halides is 3. The summed E-state index contributed by atoms with van der Waals surface area (Å²) in [5.41, 5.74) is 6.88. The van der Waals surface area contributed by atoms with Crippen molar-refractivity contribution in [1.29, 1.82) is 5.26 Å². The molecule has 5 nitrogen and oxygen atoms in total. The maximum Gasteiger partial charge on any atom is 0.394 e. The lowest BCUT2D eigenvalue weighted by Crippen LogP contribution is -2.36. The smallest absolute Gasteiger partial charge is 0.366 e. The largest absolute Gasteiger partial charge is 0.394 e. The van der Waals surface area contributed by atoms with E-state index in [2.05, 4.69) is 19.9 Å². The van der Waals surface area contributed by atoms with Crippen LogP contribution in [0.1, 0.15) is 76.9 Å². The van der Waals surface area contributed by atoms with Gasteiger partial charge < -0.3 is 10.7 Å². The number of primary amides is 1. The quantitative estimate of drug-likeness (QED) is 0.291. The van der Waals surface area contributed by atoms with Crippen molar-refractivity contribution < 1.29 is 18.0 Å². The average molecular weight is 467 g/mol. The number of amides is 1. The molecule has 0 radical (unpaired) electrons. The Morgan fingerprint density at radius 2 is 1.73 bits per heavy atom. The minimum Gasteiger partial charge on any atom is -0.366 e. The third-order valence-electron chi connectivity index (χ3n) is 4.08. The van der Waals surface area contributed by atoms with E-state index in [0.29, 0.717) is 0 Å². The Hall–Kier alpha value is -3.05. The van der Waals surface area contributed by atoms with E-state index in [1.807, 2.05) is 39.0 Å². The Morgan fingerprint density at radius 1 is 1.18 bits per heavy atom. The molecule has 1 aromatic rings. The van der Waals surface area contributed by atoms with Gasteiger partial charge >= 0.3 is 6.18 Å². The first kappa shape index (κ1) is 32.1. The molecular weight excluding hydrogens is 429 g/mol. The number of halogens is 3. The first-order chi connectivity index (χ1) is 15.3. The van der Waals surface area contributed by atoms with Gasteiger partial charge in [0.25, 0.3) is 0 Å². The molecular formula is C25H37F3N4O. The minimum atomic E-state index is -4.44. The highest BCUT2D eigenvalue weighted by atomic mass is 19.4. The summed E-state index contributed by atoms with van der Waals surface area (Å²) in [6.07, 6.45) is 2.66. The molecule has 0 saturated heterocycles. The molecule has 4 N–H and O–H groups in total. The van der Waals surface area contributed by atoms with Crippen LogP contribution in [-0.4, -0.2) is 23.1 Å². The van der Waals surface area contributed by atoms with Crippen molar-refractivity contribution in [1.82, 2.24) is 5.01 Å². The van der Waals surface area contributed by atoms with Crippen LogP contribution in [0.3, 0.4) is 0 Å². The number of nitriles is 1. The SMILES string of the molecule is C/C=C\C=C(C)C.CC.CC(C)N(N)/C(=C\C(C)C(F)(F)F)c1ccc(C(N)=O)cc1C#N. The molecule has 1 unspecified atom stereocenters. The van der Waals surface area contributed by atoms with Crippen molar-refractivity contribution in [3.8, 4) is 6.07 Å². The highest BCUT2D eigenvalue weighted by Gasteiger charge is 2.35. The maximum atomic E-state index is 12.9. The zero-order valence-corrected chi connectivity index (χ0v) is 20.8. The number of nitrogens with zero attached hydrogens (tertiary/aromatic N) is 2. The van der Waals surface area contributed by atoms with E-state index in [9.17, 15) is 23.2 Å². The normalized spacial score (nSPS) is 12.1. The number of nitrogens with two attached hydrogens (primary N) is 2. The minimum absolute atomic E-state index is 0.0167. The molecule has 0 heterocycles. The topological polar surface area (TPSA) is 96.1 Å². The molecule has 184 valence electrons. The zero-order chi connectivity index (χ0) is 26.4. The molecule has 0 aliphatic heterocycles. The van der Waals surface area contributed by atoms with Crippen molar-refractivity contribution in [2.45, 2.75) is 67.6 Å². The molecule has 0 aliphatic rings. The number of carbonyl (C=O) groups excluding carboxylic acids is 1. The summed E-state index contributed by atoms with van der Waals surface area (Å²) in [7, 11) is 0.